The maximum absolute atomic E-state index is 13.1. The van der Waals surface area contributed by atoms with E-state index < -0.39 is 0 Å². The van der Waals surface area contributed by atoms with Gasteiger partial charge in [0, 0.05) is 37.0 Å². The molecule has 152 valence electrons. The van der Waals surface area contributed by atoms with E-state index in [9.17, 15) is 9.59 Å². The number of aromatic nitrogens is 2. The summed E-state index contributed by atoms with van der Waals surface area (Å²) < 4.78 is 6.84. The van der Waals surface area contributed by atoms with Crippen LogP contribution < -0.4 is 10.9 Å². The molecule has 0 saturated heterocycles. The highest BCUT2D eigenvalue weighted by atomic mass is 16.5. The molecule has 0 aliphatic heterocycles. The summed E-state index contributed by atoms with van der Waals surface area (Å²) in [4.78, 5) is 30.1. The van der Waals surface area contributed by atoms with Crippen LogP contribution in [0.5, 0.6) is 0 Å². The zero-order chi connectivity index (χ0) is 21.1. The first kappa shape index (κ1) is 19.8. The third kappa shape index (κ3) is 3.69. The summed E-state index contributed by atoms with van der Waals surface area (Å²) >= 11 is 0. The normalized spacial score (nSPS) is 12.2. The molecule has 1 N–H and O–H groups in total. The van der Waals surface area contributed by atoms with E-state index in [1.54, 1.807) is 36.2 Å². The number of pyridine rings is 2. The molecule has 2 heterocycles. The average molecular weight is 401 g/mol. The van der Waals surface area contributed by atoms with E-state index in [2.05, 4.69) is 10.3 Å². The fourth-order valence-electron chi connectivity index (χ4n) is 3.69. The second-order valence-electron chi connectivity index (χ2n) is 7.21. The number of amides is 1. The molecule has 2 aromatic carbocycles. The molecule has 0 aliphatic rings. The van der Waals surface area contributed by atoms with Crippen molar-refractivity contribution in [3.63, 3.8) is 0 Å². The number of fused-ring (bicyclic) bond motifs is 3. The number of carbonyl (C=O) groups is 1. The SMILES string of the molecule is COCCn1c(=O)c2cnccc2c2ccc(C(=O)N[C@H](C)c3ccccc3)cc21. The van der Waals surface area contributed by atoms with Gasteiger partial charge in [0.05, 0.1) is 23.6 Å². The predicted octanol–water partition coefficient (Wildman–Crippen LogP) is 3.69. The number of benzene rings is 2. The van der Waals surface area contributed by atoms with Gasteiger partial charge in [0.25, 0.3) is 11.5 Å². The van der Waals surface area contributed by atoms with Gasteiger partial charge in [-0.3, -0.25) is 14.6 Å². The highest BCUT2D eigenvalue weighted by Gasteiger charge is 2.15. The third-order valence-corrected chi connectivity index (χ3v) is 5.30. The van der Waals surface area contributed by atoms with Crippen molar-refractivity contribution in [2.75, 3.05) is 13.7 Å². The smallest absolute Gasteiger partial charge is 0.260 e. The van der Waals surface area contributed by atoms with Gasteiger partial charge in [-0.2, -0.15) is 0 Å². The lowest BCUT2D eigenvalue weighted by molar-refractivity contribution is 0.0940. The summed E-state index contributed by atoms with van der Waals surface area (Å²) in [6.45, 7) is 2.73. The van der Waals surface area contributed by atoms with Gasteiger partial charge in [-0.25, -0.2) is 0 Å². The Morgan fingerprint density at radius 1 is 1.10 bits per heavy atom. The quantitative estimate of drug-likeness (QED) is 0.500. The number of carbonyl (C=O) groups excluding carboxylic acids is 1. The lowest BCUT2D eigenvalue weighted by atomic mass is 10.0. The second kappa shape index (κ2) is 8.47. The number of nitrogens with one attached hydrogen (secondary N) is 1. The maximum Gasteiger partial charge on any atom is 0.260 e. The Morgan fingerprint density at radius 3 is 2.67 bits per heavy atom. The van der Waals surface area contributed by atoms with Gasteiger partial charge in [-0.15, -0.1) is 0 Å². The van der Waals surface area contributed by atoms with Crippen LogP contribution in [0.2, 0.25) is 0 Å². The summed E-state index contributed by atoms with van der Waals surface area (Å²) in [5, 5.41) is 5.30. The molecule has 0 radical (unpaired) electrons. The molecule has 6 heteroatoms. The largest absolute Gasteiger partial charge is 0.383 e. The summed E-state index contributed by atoms with van der Waals surface area (Å²) in [5.41, 5.74) is 2.10. The number of ether oxygens (including phenoxy) is 1. The van der Waals surface area contributed by atoms with Crippen molar-refractivity contribution in [1.29, 1.82) is 0 Å². The number of rotatable bonds is 6. The monoisotopic (exact) mass is 401 g/mol. The van der Waals surface area contributed by atoms with Gasteiger partial charge in [-0.1, -0.05) is 36.4 Å². The highest BCUT2D eigenvalue weighted by Crippen LogP contribution is 2.24. The van der Waals surface area contributed by atoms with Crippen LogP contribution >= 0.6 is 0 Å². The van der Waals surface area contributed by atoms with Crippen LogP contribution in [-0.4, -0.2) is 29.2 Å². The zero-order valence-electron chi connectivity index (χ0n) is 17.0. The lowest BCUT2D eigenvalue weighted by Gasteiger charge is -2.16. The minimum Gasteiger partial charge on any atom is -0.383 e. The Hall–Kier alpha value is -3.51. The van der Waals surface area contributed by atoms with E-state index in [1.165, 1.54) is 0 Å². The molecule has 0 spiro atoms. The summed E-state index contributed by atoms with van der Waals surface area (Å²) in [6, 6.07) is 17.0. The molecule has 4 rings (SSSR count). The van der Waals surface area contributed by atoms with Gasteiger partial charge in [0.1, 0.15) is 0 Å². The zero-order valence-corrected chi connectivity index (χ0v) is 17.0. The number of hydrogen-bond acceptors (Lipinski definition) is 4. The lowest BCUT2D eigenvalue weighted by Crippen LogP contribution is -2.27. The number of nitrogens with zero attached hydrogens (tertiary/aromatic N) is 2. The van der Waals surface area contributed by atoms with E-state index in [4.69, 9.17) is 4.74 Å². The molecule has 0 unspecified atom stereocenters. The molecule has 6 nitrogen and oxygen atoms in total. The van der Waals surface area contributed by atoms with Crippen LogP contribution in [0.1, 0.15) is 28.9 Å². The third-order valence-electron chi connectivity index (χ3n) is 5.30. The first-order valence-corrected chi connectivity index (χ1v) is 9.85. The Balaban J connectivity index is 1.78. The first-order valence-electron chi connectivity index (χ1n) is 9.85. The fraction of sp³-hybridized carbons (Fsp3) is 0.208. The molecule has 0 fully saturated rings. The van der Waals surface area contributed by atoms with Gasteiger partial charge in [0.15, 0.2) is 0 Å². The van der Waals surface area contributed by atoms with Crippen LogP contribution in [0.15, 0.2) is 71.8 Å². The molecule has 0 bridgehead atoms. The Kier molecular flexibility index (Phi) is 5.59. The number of hydrogen-bond donors (Lipinski definition) is 1. The Labute approximate surface area is 174 Å². The topological polar surface area (TPSA) is 73.2 Å². The Morgan fingerprint density at radius 2 is 1.90 bits per heavy atom. The summed E-state index contributed by atoms with van der Waals surface area (Å²) in [6.07, 6.45) is 3.26. The first-order chi connectivity index (χ1) is 14.6. The van der Waals surface area contributed by atoms with Gasteiger partial charge in [-0.05, 0) is 36.1 Å². The summed E-state index contributed by atoms with van der Waals surface area (Å²) in [5.74, 6) is -0.186. The van der Waals surface area contributed by atoms with Crippen molar-refractivity contribution in [1.82, 2.24) is 14.9 Å². The molecule has 0 saturated carbocycles. The van der Waals surface area contributed by atoms with Gasteiger partial charge >= 0.3 is 0 Å². The van der Waals surface area contributed by atoms with E-state index in [0.29, 0.717) is 29.6 Å². The fourth-order valence-corrected chi connectivity index (χ4v) is 3.69. The van der Waals surface area contributed by atoms with Crippen LogP contribution in [0.3, 0.4) is 0 Å². The van der Waals surface area contributed by atoms with Crippen molar-refractivity contribution in [3.8, 4) is 0 Å². The summed E-state index contributed by atoms with van der Waals surface area (Å²) in [7, 11) is 1.60. The van der Waals surface area contributed by atoms with Crippen LogP contribution in [0.25, 0.3) is 21.7 Å². The van der Waals surface area contributed by atoms with E-state index in [-0.39, 0.29) is 17.5 Å². The van der Waals surface area contributed by atoms with Crippen LogP contribution in [0, 0.1) is 0 Å². The Bertz CT molecular complexity index is 1270. The standard InChI is InChI=1S/C24H23N3O3/c1-16(17-6-4-3-5-7-17)26-23(28)18-8-9-20-19-10-11-25-15-21(19)24(29)27(12-13-30-2)22(20)14-18/h3-11,14-16H,12-13H2,1-2H3,(H,26,28)/t16-/m1/s1. The molecule has 2 aromatic heterocycles. The molecule has 1 amide bonds. The van der Waals surface area contributed by atoms with Crippen LogP contribution in [-0.2, 0) is 11.3 Å². The maximum atomic E-state index is 13.1. The van der Waals surface area contributed by atoms with E-state index in [0.717, 1.165) is 16.3 Å². The van der Waals surface area contributed by atoms with Crippen LogP contribution in [0.4, 0.5) is 0 Å². The average Bonchev–Trinajstić information content (AvgIpc) is 2.79. The van der Waals surface area contributed by atoms with E-state index in [1.807, 2.05) is 49.4 Å². The van der Waals surface area contributed by atoms with Crippen molar-refractivity contribution in [3.05, 3.63) is 88.5 Å². The molecular formula is C24H23N3O3. The van der Waals surface area contributed by atoms with E-state index >= 15 is 0 Å². The minimum atomic E-state index is -0.186. The molecule has 4 aromatic rings. The predicted molar refractivity (Wildman–Crippen MR) is 118 cm³/mol. The van der Waals surface area contributed by atoms with Gasteiger partial charge in [0.2, 0.25) is 0 Å². The van der Waals surface area contributed by atoms with Crippen molar-refractivity contribution < 1.29 is 9.53 Å². The van der Waals surface area contributed by atoms with Crippen molar-refractivity contribution in [2.24, 2.45) is 0 Å². The van der Waals surface area contributed by atoms with Crippen molar-refractivity contribution in [2.45, 2.75) is 19.5 Å². The molecule has 1 atom stereocenters. The minimum absolute atomic E-state index is 0.132. The van der Waals surface area contributed by atoms with Crippen molar-refractivity contribution >= 4 is 27.6 Å². The molecular weight excluding hydrogens is 378 g/mol. The highest BCUT2D eigenvalue weighted by molar-refractivity contribution is 6.07. The molecule has 0 aliphatic carbocycles. The molecule has 30 heavy (non-hydrogen) atoms. The van der Waals surface area contributed by atoms with Gasteiger partial charge < -0.3 is 14.6 Å². The number of methoxy groups -OCH3 is 1. The second-order valence-corrected chi connectivity index (χ2v) is 7.21.